The van der Waals surface area contributed by atoms with Crippen molar-refractivity contribution in [1.82, 2.24) is 0 Å². The summed E-state index contributed by atoms with van der Waals surface area (Å²) in [4.78, 5) is 38.0. The van der Waals surface area contributed by atoms with Crippen LogP contribution in [0.4, 0.5) is 0 Å². The quantitative estimate of drug-likeness (QED) is 0.0262. The maximum atomic E-state index is 12.8. The summed E-state index contributed by atoms with van der Waals surface area (Å²) in [5, 5.41) is 0. The van der Waals surface area contributed by atoms with Crippen molar-refractivity contribution in [1.29, 1.82) is 0 Å². The Bertz CT molecular complexity index is 1360. The Morgan fingerprint density at radius 1 is 0.324 bits per heavy atom. The molecule has 388 valence electrons. The van der Waals surface area contributed by atoms with Crippen molar-refractivity contribution < 1.29 is 28.6 Å². The van der Waals surface area contributed by atoms with Crippen molar-refractivity contribution in [3.8, 4) is 0 Å². The third-order valence-corrected chi connectivity index (χ3v) is 11.9. The molecule has 1 unspecified atom stereocenters. The lowest BCUT2D eigenvalue weighted by molar-refractivity contribution is -0.166. The smallest absolute Gasteiger partial charge is 0.310 e. The van der Waals surface area contributed by atoms with Crippen molar-refractivity contribution in [3.05, 3.63) is 97.2 Å². The van der Waals surface area contributed by atoms with Gasteiger partial charge in [-0.2, -0.15) is 0 Å². The number of rotatable bonds is 50. The molecule has 0 aliphatic rings. The third kappa shape index (κ3) is 53.3. The molecule has 0 spiro atoms. The first-order valence-corrected chi connectivity index (χ1v) is 28.2. The van der Waals surface area contributed by atoms with Gasteiger partial charge in [-0.3, -0.25) is 14.4 Å². The zero-order chi connectivity index (χ0) is 49.3. The highest BCUT2D eigenvalue weighted by Crippen LogP contribution is 2.16. The van der Waals surface area contributed by atoms with Crippen LogP contribution in [0, 0.1) is 0 Å². The van der Waals surface area contributed by atoms with Gasteiger partial charge < -0.3 is 14.2 Å². The van der Waals surface area contributed by atoms with Crippen LogP contribution in [0.5, 0.6) is 0 Å². The van der Waals surface area contributed by atoms with Crippen molar-refractivity contribution in [2.24, 2.45) is 0 Å². The lowest BCUT2D eigenvalue weighted by Crippen LogP contribution is -2.30. The number of esters is 3. The second-order valence-corrected chi connectivity index (χ2v) is 18.5. The fourth-order valence-electron chi connectivity index (χ4n) is 7.71. The highest BCUT2D eigenvalue weighted by Gasteiger charge is 2.19. The predicted molar refractivity (Wildman–Crippen MR) is 293 cm³/mol. The van der Waals surface area contributed by atoms with Gasteiger partial charge in [-0.15, -0.1) is 0 Å². The molecule has 0 amide bonds. The zero-order valence-electron chi connectivity index (χ0n) is 44.3. The summed E-state index contributed by atoms with van der Waals surface area (Å²) >= 11 is 0. The molecule has 0 aromatic heterocycles. The highest BCUT2D eigenvalue weighted by molar-refractivity contribution is 5.72. The fraction of sp³-hybridized carbons (Fsp3) is 0.694. The summed E-state index contributed by atoms with van der Waals surface area (Å²) in [5.41, 5.74) is 0. The number of ether oxygens (including phenoxy) is 3. The molecular weight excluding hydrogens is 841 g/mol. The lowest BCUT2D eigenvalue weighted by atomic mass is 10.0. The van der Waals surface area contributed by atoms with Gasteiger partial charge in [-0.25, -0.2) is 0 Å². The molecule has 68 heavy (non-hydrogen) atoms. The monoisotopic (exact) mass is 945 g/mol. The van der Waals surface area contributed by atoms with Crippen molar-refractivity contribution in [2.45, 2.75) is 264 Å². The summed E-state index contributed by atoms with van der Waals surface area (Å²) in [5.74, 6) is -1.06. The molecule has 0 fully saturated rings. The van der Waals surface area contributed by atoms with Crippen LogP contribution < -0.4 is 0 Å². The van der Waals surface area contributed by atoms with Crippen LogP contribution in [0.15, 0.2) is 97.2 Å². The second kappa shape index (κ2) is 55.9. The average Bonchev–Trinajstić information content (AvgIpc) is 3.34. The maximum Gasteiger partial charge on any atom is 0.310 e. The van der Waals surface area contributed by atoms with Gasteiger partial charge in [0.25, 0.3) is 0 Å². The number of unbranched alkanes of at least 4 members (excludes halogenated alkanes) is 24. The van der Waals surface area contributed by atoms with Crippen LogP contribution in [0.25, 0.3) is 0 Å². The van der Waals surface area contributed by atoms with Gasteiger partial charge in [0.05, 0.1) is 6.42 Å². The molecule has 0 aromatic carbocycles. The van der Waals surface area contributed by atoms with Crippen LogP contribution in [0.3, 0.4) is 0 Å². The molecule has 0 saturated carbocycles. The van der Waals surface area contributed by atoms with Crippen LogP contribution in [0.1, 0.15) is 258 Å². The van der Waals surface area contributed by atoms with Crippen LogP contribution in [0.2, 0.25) is 0 Å². The van der Waals surface area contributed by atoms with Gasteiger partial charge in [0.1, 0.15) is 13.2 Å². The minimum Gasteiger partial charge on any atom is -0.462 e. The molecule has 0 N–H and O–H groups in total. The Kier molecular flexibility index (Phi) is 52.9. The molecule has 0 heterocycles. The molecule has 0 bridgehead atoms. The van der Waals surface area contributed by atoms with Crippen LogP contribution in [-0.2, 0) is 28.6 Å². The number of allylic oxidation sites excluding steroid dienone is 15. The summed E-state index contributed by atoms with van der Waals surface area (Å²) in [6.07, 6.45) is 74.3. The predicted octanol–water partition coefficient (Wildman–Crippen LogP) is 18.9. The molecule has 6 nitrogen and oxygen atoms in total. The van der Waals surface area contributed by atoms with Crippen molar-refractivity contribution in [3.63, 3.8) is 0 Å². The van der Waals surface area contributed by atoms with E-state index >= 15 is 0 Å². The number of carbonyl (C=O) groups is 3. The minimum absolute atomic E-state index is 0.0924. The van der Waals surface area contributed by atoms with Gasteiger partial charge in [-0.1, -0.05) is 259 Å². The molecular formula is C62H104O6. The van der Waals surface area contributed by atoms with Gasteiger partial charge in [-0.05, 0) is 77.0 Å². The molecule has 0 aliphatic heterocycles. The number of carbonyl (C=O) groups excluding carboxylic acids is 3. The Labute approximate surface area is 419 Å². The number of hydrogen-bond donors (Lipinski definition) is 0. The van der Waals surface area contributed by atoms with Gasteiger partial charge in [0.15, 0.2) is 6.10 Å². The largest absolute Gasteiger partial charge is 0.462 e. The van der Waals surface area contributed by atoms with Gasteiger partial charge >= 0.3 is 17.9 Å². The van der Waals surface area contributed by atoms with E-state index in [9.17, 15) is 14.4 Å². The van der Waals surface area contributed by atoms with E-state index in [-0.39, 0.29) is 31.6 Å². The van der Waals surface area contributed by atoms with E-state index in [0.717, 1.165) is 109 Å². The van der Waals surface area contributed by atoms with E-state index in [1.807, 2.05) is 6.08 Å². The van der Waals surface area contributed by atoms with Crippen LogP contribution >= 0.6 is 0 Å². The normalized spacial score (nSPS) is 12.8. The second-order valence-electron chi connectivity index (χ2n) is 18.5. The van der Waals surface area contributed by atoms with E-state index in [1.54, 1.807) is 6.08 Å². The SMILES string of the molecule is CC/C=C\C/C=C\C/C=C\C/C=C\C/C=C\CC(=O)OC(COC(=O)CCCCCCC/C=C\C/C=C\C/C=C\CC)COC(=O)CCCCCCCCCCCCCCCCCCCCCC. The summed E-state index contributed by atoms with van der Waals surface area (Å²) < 4.78 is 16.7. The van der Waals surface area contributed by atoms with E-state index in [0.29, 0.717) is 12.8 Å². The van der Waals surface area contributed by atoms with Gasteiger partial charge in [0, 0.05) is 12.8 Å². The molecule has 0 aromatic rings. The third-order valence-electron chi connectivity index (χ3n) is 11.9. The van der Waals surface area contributed by atoms with E-state index in [1.165, 1.54) is 109 Å². The summed E-state index contributed by atoms with van der Waals surface area (Å²) in [6.45, 7) is 6.33. The minimum atomic E-state index is -0.838. The molecule has 0 radical (unpaired) electrons. The first-order valence-electron chi connectivity index (χ1n) is 28.2. The summed E-state index contributed by atoms with van der Waals surface area (Å²) in [7, 11) is 0. The van der Waals surface area contributed by atoms with E-state index in [4.69, 9.17) is 14.2 Å². The summed E-state index contributed by atoms with van der Waals surface area (Å²) in [6, 6.07) is 0. The fourth-order valence-corrected chi connectivity index (χ4v) is 7.71. The van der Waals surface area contributed by atoms with Gasteiger partial charge in [0.2, 0.25) is 0 Å². The van der Waals surface area contributed by atoms with E-state index in [2.05, 4.69) is 106 Å². The van der Waals surface area contributed by atoms with Crippen molar-refractivity contribution in [2.75, 3.05) is 13.2 Å². The Hall–Kier alpha value is -3.67. The standard InChI is InChI=1S/C62H104O6/c1-4-7-10-13-16-19-22-25-28-29-30-31-32-35-37-40-43-46-49-52-55-61(64)67-58-59(68-62(65)56-53-50-47-44-41-38-34-27-24-21-18-15-12-9-6-3)57-66-60(63)54-51-48-45-42-39-36-33-26-23-20-17-14-11-8-5-2/h8-9,11-12,17-18,20-21,26-27,33-34,41,44,50,53,59H,4-7,10,13-16,19,22-25,28-32,35-40,42-43,45-49,51-52,54-58H2,1-3H3/b11-8-,12-9-,20-17-,21-18-,33-26-,34-27-,44-41-,53-50-. The van der Waals surface area contributed by atoms with E-state index < -0.39 is 12.1 Å². The van der Waals surface area contributed by atoms with Crippen LogP contribution in [-0.4, -0.2) is 37.2 Å². The number of hydrogen-bond acceptors (Lipinski definition) is 6. The first-order chi connectivity index (χ1) is 33.5. The zero-order valence-corrected chi connectivity index (χ0v) is 44.3. The first kappa shape index (κ1) is 64.3. The maximum absolute atomic E-state index is 12.8. The lowest BCUT2D eigenvalue weighted by Gasteiger charge is -2.18. The Balaban J connectivity index is 4.45. The molecule has 0 saturated heterocycles. The Morgan fingerprint density at radius 3 is 0.971 bits per heavy atom. The highest BCUT2D eigenvalue weighted by atomic mass is 16.6. The topological polar surface area (TPSA) is 78.9 Å². The molecule has 0 rings (SSSR count). The van der Waals surface area contributed by atoms with Crippen molar-refractivity contribution >= 4 is 17.9 Å². The average molecular weight is 946 g/mol. The Morgan fingerprint density at radius 2 is 0.618 bits per heavy atom. The molecule has 0 aliphatic carbocycles. The molecule has 1 atom stereocenters. The molecule has 6 heteroatoms.